The molecule has 3 rings (SSSR count). The smallest absolute Gasteiger partial charge is 0.264 e. The van der Waals surface area contributed by atoms with Gasteiger partial charge in [0, 0.05) is 11.1 Å². The van der Waals surface area contributed by atoms with Gasteiger partial charge in [0.15, 0.2) is 11.5 Å². The van der Waals surface area contributed by atoms with Crippen LogP contribution in [0.15, 0.2) is 82.8 Å². The molecule has 0 saturated heterocycles. The summed E-state index contributed by atoms with van der Waals surface area (Å²) in [5, 5.41) is 4.48. The highest BCUT2D eigenvalue weighted by molar-refractivity contribution is 7.92. The number of nitrogens with one attached hydrogen (secondary N) is 1. The van der Waals surface area contributed by atoms with E-state index in [0.717, 1.165) is 4.31 Å². The van der Waals surface area contributed by atoms with Gasteiger partial charge in [0.1, 0.15) is 6.54 Å². The summed E-state index contributed by atoms with van der Waals surface area (Å²) in [6.45, 7) is -0.509. The zero-order valence-electron chi connectivity index (χ0n) is 17.9. The third-order valence-electron chi connectivity index (χ3n) is 4.55. The van der Waals surface area contributed by atoms with Gasteiger partial charge in [-0.3, -0.25) is 9.10 Å². The Balaban J connectivity index is 1.89. The van der Waals surface area contributed by atoms with Gasteiger partial charge in [0.05, 0.1) is 31.0 Å². The first-order chi connectivity index (χ1) is 15.8. The van der Waals surface area contributed by atoms with Crippen LogP contribution in [0.25, 0.3) is 0 Å². The molecule has 8 nitrogen and oxygen atoms in total. The second-order valence-electron chi connectivity index (χ2n) is 6.71. The second-order valence-corrected chi connectivity index (χ2v) is 9.01. The highest BCUT2D eigenvalue weighted by Gasteiger charge is 2.28. The molecular weight excluding hydrogens is 466 g/mol. The van der Waals surface area contributed by atoms with Crippen molar-refractivity contribution < 1.29 is 22.7 Å². The molecule has 0 aromatic heterocycles. The summed E-state index contributed by atoms with van der Waals surface area (Å²) in [6, 6.07) is 19.3. The molecule has 0 atom stereocenters. The first kappa shape index (κ1) is 24.1. The molecule has 0 spiro atoms. The number of anilines is 1. The Hall–Kier alpha value is -3.56. The van der Waals surface area contributed by atoms with Crippen molar-refractivity contribution in [2.24, 2.45) is 5.10 Å². The maximum Gasteiger partial charge on any atom is 0.264 e. The number of carbonyl (C=O) groups excluding carboxylic acids is 1. The largest absolute Gasteiger partial charge is 0.493 e. The zero-order chi connectivity index (χ0) is 23.8. The van der Waals surface area contributed by atoms with Crippen molar-refractivity contribution in [3.05, 3.63) is 83.4 Å². The van der Waals surface area contributed by atoms with E-state index in [4.69, 9.17) is 21.1 Å². The monoisotopic (exact) mass is 487 g/mol. The van der Waals surface area contributed by atoms with E-state index in [1.165, 1.54) is 44.7 Å². The van der Waals surface area contributed by atoms with Gasteiger partial charge in [-0.1, -0.05) is 41.9 Å². The molecule has 0 radical (unpaired) electrons. The van der Waals surface area contributed by atoms with E-state index >= 15 is 0 Å². The number of ether oxygens (including phenoxy) is 2. The molecule has 3 aromatic rings. The summed E-state index contributed by atoms with van der Waals surface area (Å²) < 4.78 is 38.2. The summed E-state index contributed by atoms with van der Waals surface area (Å²) in [5.41, 5.74) is 3.30. The molecule has 3 aromatic carbocycles. The number of carbonyl (C=O) groups is 1. The number of hydrogen-bond donors (Lipinski definition) is 1. The first-order valence-electron chi connectivity index (χ1n) is 9.72. The van der Waals surface area contributed by atoms with E-state index in [0.29, 0.717) is 22.1 Å². The summed E-state index contributed by atoms with van der Waals surface area (Å²) in [5.74, 6) is 0.120. The third kappa shape index (κ3) is 6.03. The van der Waals surface area contributed by atoms with E-state index < -0.39 is 22.5 Å². The summed E-state index contributed by atoms with van der Waals surface area (Å²) >= 11 is 5.85. The van der Waals surface area contributed by atoms with E-state index in [-0.39, 0.29) is 10.6 Å². The molecule has 0 aliphatic heterocycles. The molecule has 172 valence electrons. The fourth-order valence-corrected chi connectivity index (χ4v) is 4.47. The van der Waals surface area contributed by atoms with Gasteiger partial charge in [0.2, 0.25) is 0 Å². The zero-order valence-corrected chi connectivity index (χ0v) is 19.5. The summed E-state index contributed by atoms with van der Waals surface area (Å²) in [7, 11) is -1.15. The molecule has 0 saturated carbocycles. The lowest BCUT2D eigenvalue weighted by Gasteiger charge is -2.24. The van der Waals surface area contributed by atoms with E-state index in [1.807, 2.05) is 0 Å². The maximum absolute atomic E-state index is 13.4. The van der Waals surface area contributed by atoms with Crippen molar-refractivity contribution in [3.63, 3.8) is 0 Å². The molecule has 10 heteroatoms. The van der Waals surface area contributed by atoms with Crippen LogP contribution in [0.4, 0.5) is 5.69 Å². The Morgan fingerprint density at radius 2 is 1.67 bits per heavy atom. The van der Waals surface area contributed by atoms with Crippen LogP contribution in [-0.2, 0) is 14.8 Å². The molecule has 0 fully saturated rings. The van der Waals surface area contributed by atoms with Gasteiger partial charge in [-0.15, -0.1) is 0 Å². The molecule has 0 bridgehead atoms. The second kappa shape index (κ2) is 10.8. The average molecular weight is 488 g/mol. The van der Waals surface area contributed by atoms with Crippen LogP contribution < -0.4 is 19.2 Å². The SMILES string of the molecule is COc1ccc(N(CC(=O)N/N=C\c2ccc(Cl)cc2)S(=O)(=O)c2ccccc2)cc1OC. The number of halogens is 1. The lowest BCUT2D eigenvalue weighted by molar-refractivity contribution is -0.119. The number of hydrogen-bond acceptors (Lipinski definition) is 6. The van der Waals surface area contributed by atoms with Crippen LogP contribution in [0.2, 0.25) is 5.02 Å². The third-order valence-corrected chi connectivity index (χ3v) is 6.59. The highest BCUT2D eigenvalue weighted by atomic mass is 35.5. The quantitative estimate of drug-likeness (QED) is 0.366. The van der Waals surface area contributed by atoms with Gasteiger partial charge in [0.25, 0.3) is 15.9 Å². The average Bonchev–Trinajstić information content (AvgIpc) is 2.83. The fourth-order valence-electron chi connectivity index (χ4n) is 2.91. The predicted octanol–water partition coefficient (Wildman–Crippen LogP) is 3.70. The Morgan fingerprint density at radius 1 is 1.00 bits per heavy atom. The Morgan fingerprint density at radius 3 is 2.30 bits per heavy atom. The van der Waals surface area contributed by atoms with E-state index in [9.17, 15) is 13.2 Å². The van der Waals surface area contributed by atoms with Crippen LogP contribution in [0.5, 0.6) is 11.5 Å². The number of sulfonamides is 1. The Kier molecular flexibility index (Phi) is 7.92. The molecule has 1 amide bonds. The highest BCUT2D eigenvalue weighted by Crippen LogP contribution is 2.33. The van der Waals surface area contributed by atoms with E-state index in [2.05, 4.69) is 10.5 Å². The number of amides is 1. The normalized spacial score (nSPS) is 11.2. The lowest BCUT2D eigenvalue weighted by atomic mass is 10.2. The maximum atomic E-state index is 13.4. The van der Waals surface area contributed by atoms with Crippen molar-refractivity contribution in [2.75, 3.05) is 25.1 Å². The van der Waals surface area contributed by atoms with E-state index in [1.54, 1.807) is 48.5 Å². The van der Waals surface area contributed by atoms with Gasteiger partial charge in [-0.05, 0) is 42.0 Å². The predicted molar refractivity (Wildman–Crippen MR) is 128 cm³/mol. The molecule has 0 aliphatic carbocycles. The first-order valence-corrected chi connectivity index (χ1v) is 11.5. The van der Waals surface area contributed by atoms with Gasteiger partial charge in [-0.2, -0.15) is 5.10 Å². The number of nitrogens with zero attached hydrogens (tertiary/aromatic N) is 2. The minimum absolute atomic E-state index is 0.0391. The van der Waals surface area contributed by atoms with Crippen LogP contribution in [-0.4, -0.2) is 41.3 Å². The molecule has 0 heterocycles. The number of rotatable bonds is 9. The lowest BCUT2D eigenvalue weighted by Crippen LogP contribution is -2.39. The van der Waals surface area contributed by atoms with Crippen molar-refractivity contribution >= 4 is 39.4 Å². The van der Waals surface area contributed by atoms with Crippen molar-refractivity contribution in [1.29, 1.82) is 0 Å². The van der Waals surface area contributed by atoms with Crippen LogP contribution >= 0.6 is 11.6 Å². The standard InChI is InChI=1S/C23H22ClN3O5S/c1-31-21-13-12-19(14-22(21)32-2)27(33(29,30)20-6-4-3-5-7-20)16-23(28)26-25-15-17-8-10-18(24)11-9-17/h3-15H,16H2,1-2H3,(H,26,28)/b25-15-. The number of benzene rings is 3. The molecular formula is C23H22ClN3O5S. The fraction of sp³-hybridized carbons (Fsp3) is 0.130. The van der Waals surface area contributed by atoms with Gasteiger partial charge < -0.3 is 9.47 Å². The van der Waals surface area contributed by atoms with Crippen LogP contribution in [0, 0.1) is 0 Å². The molecule has 1 N–H and O–H groups in total. The van der Waals surface area contributed by atoms with Crippen molar-refractivity contribution in [1.82, 2.24) is 5.43 Å². The minimum Gasteiger partial charge on any atom is -0.493 e. The minimum atomic E-state index is -4.07. The Labute approximate surface area is 197 Å². The van der Waals surface area contributed by atoms with Crippen LogP contribution in [0.1, 0.15) is 5.56 Å². The van der Waals surface area contributed by atoms with Gasteiger partial charge >= 0.3 is 0 Å². The van der Waals surface area contributed by atoms with Crippen molar-refractivity contribution in [2.45, 2.75) is 4.90 Å². The van der Waals surface area contributed by atoms with Gasteiger partial charge in [-0.25, -0.2) is 13.8 Å². The summed E-state index contributed by atoms with van der Waals surface area (Å²) in [6.07, 6.45) is 1.43. The molecule has 33 heavy (non-hydrogen) atoms. The summed E-state index contributed by atoms with van der Waals surface area (Å²) in [4.78, 5) is 12.7. The van der Waals surface area contributed by atoms with Crippen LogP contribution in [0.3, 0.4) is 0 Å². The van der Waals surface area contributed by atoms with Crippen molar-refractivity contribution in [3.8, 4) is 11.5 Å². The molecule has 0 aliphatic rings. The topological polar surface area (TPSA) is 97.3 Å². The number of hydrazone groups is 1. The Bertz CT molecular complexity index is 1230. The number of methoxy groups -OCH3 is 2. The molecule has 0 unspecified atom stereocenters.